The molecule has 0 spiro atoms. The Balaban J connectivity index is 3.81. The van der Waals surface area contributed by atoms with Crippen molar-refractivity contribution in [3.05, 3.63) is 11.8 Å². The molecule has 0 bridgehead atoms. The van der Waals surface area contributed by atoms with Gasteiger partial charge in [0.05, 0.1) is 19.8 Å². The highest BCUT2D eigenvalue weighted by molar-refractivity contribution is 4.99. The zero-order valence-electron chi connectivity index (χ0n) is 5.79. The summed E-state index contributed by atoms with van der Waals surface area (Å²) in [6, 6.07) is -0.137. The lowest BCUT2D eigenvalue weighted by molar-refractivity contribution is 0.257. The fourth-order valence-electron chi connectivity index (χ4n) is 0.545. The minimum absolute atomic E-state index is 0.0231. The zero-order chi connectivity index (χ0) is 7.28. The second-order valence-corrected chi connectivity index (χ2v) is 1.78. The molecule has 0 aliphatic carbocycles. The Labute approximate surface area is 55.1 Å². The van der Waals surface area contributed by atoms with Gasteiger partial charge in [0.15, 0.2) is 0 Å². The van der Waals surface area contributed by atoms with Gasteiger partial charge in [0.2, 0.25) is 0 Å². The van der Waals surface area contributed by atoms with Crippen molar-refractivity contribution in [1.29, 1.82) is 0 Å². The summed E-state index contributed by atoms with van der Waals surface area (Å²) in [5.74, 6) is 0.623. The van der Waals surface area contributed by atoms with Gasteiger partial charge in [-0.15, -0.1) is 0 Å². The summed E-state index contributed by atoms with van der Waals surface area (Å²) in [5, 5.41) is 8.40. The maximum atomic E-state index is 8.40. The minimum atomic E-state index is -0.137. The Morgan fingerprint density at radius 1 is 1.89 bits per heavy atom. The summed E-state index contributed by atoms with van der Waals surface area (Å²) in [6.07, 6.45) is 1.55. The minimum Gasteiger partial charge on any atom is -0.500 e. The van der Waals surface area contributed by atoms with Crippen molar-refractivity contribution < 1.29 is 9.84 Å². The van der Waals surface area contributed by atoms with Crippen molar-refractivity contribution in [2.45, 2.75) is 13.0 Å². The monoisotopic (exact) mass is 131 g/mol. The number of rotatable bonds is 3. The van der Waals surface area contributed by atoms with E-state index in [-0.39, 0.29) is 12.6 Å². The Kier molecular flexibility index (Phi) is 4.09. The van der Waals surface area contributed by atoms with Crippen LogP contribution < -0.4 is 5.73 Å². The standard InChI is InChI=1S/C6H13NO2/c1-5(7)6(9-2)3-4-8/h3,5,8H,4,7H2,1-2H3/b6-3+/t5-/m0/s1. The number of nitrogens with two attached hydrogens (primary N) is 1. The average Bonchev–Trinajstić information content (AvgIpc) is 1.82. The largest absolute Gasteiger partial charge is 0.500 e. The molecule has 0 aromatic rings. The van der Waals surface area contributed by atoms with Crippen LogP contribution in [0, 0.1) is 0 Å². The van der Waals surface area contributed by atoms with Crippen molar-refractivity contribution in [3.63, 3.8) is 0 Å². The summed E-state index contributed by atoms with van der Waals surface area (Å²) in [4.78, 5) is 0. The molecule has 0 amide bonds. The van der Waals surface area contributed by atoms with E-state index in [1.165, 1.54) is 7.11 Å². The molecule has 0 aliphatic rings. The van der Waals surface area contributed by atoms with E-state index in [1.807, 2.05) is 0 Å². The van der Waals surface area contributed by atoms with E-state index in [0.717, 1.165) is 0 Å². The molecule has 0 fully saturated rings. The Bertz CT molecular complexity index is 99.2. The van der Waals surface area contributed by atoms with Crippen molar-refractivity contribution in [3.8, 4) is 0 Å². The predicted molar refractivity (Wildman–Crippen MR) is 35.8 cm³/mol. The van der Waals surface area contributed by atoms with Crippen LogP contribution in [0.4, 0.5) is 0 Å². The van der Waals surface area contributed by atoms with Crippen molar-refractivity contribution in [2.24, 2.45) is 5.73 Å². The lowest BCUT2D eigenvalue weighted by atomic mass is 10.3. The molecule has 0 heterocycles. The third-order valence-corrected chi connectivity index (χ3v) is 0.977. The van der Waals surface area contributed by atoms with Gasteiger partial charge in [0, 0.05) is 0 Å². The third kappa shape index (κ3) is 3.11. The summed E-state index contributed by atoms with van der Waals surface area (Å²) >= 11 is 0. The quantitative estimate of drug-likeness (QED) is 0.524. The van der Waals surface area contributed by atoms with Crippen LogP contribution >= 0.6 is 0 Å². The Morgan fingerprint density at radius 3 is 2.56 bits per heavy atom. The van der Waals surface area contributed by atoms with Crippen LogP contribution in [-0.4, -0.2) is 24.9 Å². The van der Waals surface area contributed by atoms with E-state index in [4.69, 9.17) is 15.6 Å². The van der Waals surface area contributed by atoms with Crippen molar-refractivity contribution >= 4 is 0 Å². The molecule has 3 N–H and O–H groups in total. The molecule has 0 aliphatic heterocycles. The molecule has 9 heavy (non-hydrogen) atoms. The van der Waals surface area contributed by atoms with E-state index < -0.39 is 0 Å². The molecular weight excluding hydrogens is 118 g/mol. The van der Waals surface area contributed by atoms with Gasteiger partial charge in [0.25, 0.3) is 0 Å². The van der Waals surface area contributed by atoms with Crippen LogP contribution in [0.5, 0.6) is 0 Å². The summed E-state index contributed by atoms with van der Waals surface area (Å²) < 4.78 is 4.83. The van der Waals surface area contributed by atoms with E-state index in [0.29, 0.717) is 5.76 Å². The lowest BCUT2D eigenvalue weighted by Gasteiger charge is -2.07. The van der Waals surface area contributed by atoms with Crippen molar-refractivity contribution in [1.82, 2.24) is 0 Å². The summed E-state index contributed by atoms with van der Waals surface area (Å²) in [6.45, 7) is 1.77. The summed E-state index contributed by atoms with van der Waals surface area (Å²) in [7, 11) is 1.53. The van der Waals surface area contributed by atoms with Crippen LogP contribution in [0.2, 0.25) is 0 Å². The van der Waals surface area contributed by atoms with Crippen LogP contribution in [0.25, 0.3) is 0 Å². The maximum Gasteiger partial charge on any atom is 0.110 e. The highest BCUT2D eigenvalue weighted by Crippen LogP contribution is 1.97. The van der Waals surface area contributed by atoms with Gasteiger partial charge >= 0.3 is 0 Å². The molecule has 1 atom stereocenters. The van der Waals surface area contributed by atoms with Crippen LogP contribution in [0.15, 0.2) is 11.8 Å². The number of aliphatic hydroxyl groups is 1. The molecule has 0 rings (SSSR count). The highest BCUT2D eigenvalue weighted by atomic mass is 16.5. The first-order valence-corrected chi connectivity index (χ1v) is 2.82. The first kappa shape index (κ1) is 8.46. The Morgan fingerprint density at radius 2 is 2.44 bits per heavy atom. The molecule has 3 nitrogen and oxygen atoms in total. The maximum absolute atomic E-state index is 8.40. The Hall–Kier alpha value is -0.540. The molecule has 0 aromatic carbocycles. The predicted octanol–water partition coefficient (Wildman–Crippen LogP) is -0.144. The second-order valence-electron chi connectivity index (χ2n) is 1.78. The highest BCUT2D eigenvalue weighted by Gasteiger charge is 1.99. The first-order valence-electron chi connectivity index (χ1n) is 2.82. The third-order valence-electron chi connectivity index (χ3n) is 0.977. The molecule has 0 aromatic heterocycles. The molecular formula is C6H13NO2. The fourth-order valence-corrected chi connectivity index (χ4v) is 0.545. The van der Waals surface area contributed by atoms with Gasteiger partial charge in [-0.1, -0.05) is 0 Å². The zero-order valence-corrected chi connectivity index (χ0v) is 5.79. The molecule has 3 heteroatoms. The van der Waals surface area contributed by atoms with Crippen molar-refractivity contribution in [2.75, 3.05) is 13.7 Å². The van der Waals surface area contributed by atoms with E-state index in [2.05, 4.69) is 0 Å². The fraction of sp³-hybridized carbons (Fsp3) is 0.667. The number of hydrogen-bond acceptors (Lipinski definition) is 3. The number of hydrogen-bond donors (Lipinski definition) is 2. The first-order chi connectivity index (χ1) is 4.22. The van der Waals surface area contributed by atoms with Gasteiger partial charge in [-0.2, -0.15) is 0 Å². The second kappa shape index (κ2) is 4.35. The lowest BCUT2D eigenvalue weighted by Crippen LogP contribution is -2.19. The average molecular weight is 131 g/mol. The van der Waals surface area contributed by atoms with Gasteiger partial charge in [-0.25, -0.2) is 0 Å². The van der Waals surface area contributed by atoms with Gasteiger partial charge < -0.3 is 15.6 Å². The SMILES string of the molecule is CO/C(=C/CO)[C@H](C)N. The van der Waals surface area contributed by atoms with Gasteiger partial charge in [-0.3, -0.25) is 0 Å². The van der Waals surface area contributed by atoms with Crippen LogP contribution in [-0.2, 0) is 4.74 Å². The smallest absolute Gasteiger partial charge is 0.110 e. The van der Waals surface area contributed by atoms with Gasteiger partial charge in [-0.05, 0) is 13.0 Å². The molecule has 54 valence electrons. The number of methoxy groups -OCH3 is 1. The summed E-state index contributed by atoms with van der Waals surface area (Å²) in [5.41, 5.74) is 5.43. The topological polar surface area (TPSA) is 55.5 Å². The van der Waals surface area contributed by atoms with Crippen LogP contribution in [0.1, 0.15) is 6.92 Å². The van der Waals surface area contributed by atoms with Crippen LogP contribution in [0.3, 0.4) is 0 Å². The van der Waals surface area contributed by atoms with E-state index in [1.54, 1.807) is 13.0 Å². The van der Waals surface area contributed by atoms with E-state index in [9.17, 15) is 0 Å². The molecule has 0 saturated carbocycles. The van der Waals surface area contributed by atoms with E-state index >= 15 is 0 Å². The molecule has 0 saturated heterocycles. The molecule has 0 radical (unpaired) electrons. The van der Waals surface area contributed by atoms with Gasteiger partial charge in [0.1, 0.15) is 5.76 Å². The number of aliphatic hydroxyl groups excluding tert-OH is 1. The normalized spacial score (nSPS) is 15.3. The number of ether oxygens (including phenoxy) is 1. The molecule has 0 unspecified atom stereocenters.